The molecule has 0 radical (unpaired) electrons. The van der Waals surface area contributed by atoms with Gasteiger partial charge in [-0.2, -0.15) is 0 Å². The van der Waals surface area contributed by atoms with Gasteiger partial charge in [-0.25, -0.2) is 0 Å². The molecule has 128 valence electrons. The third kappa shape index (κ3) is 4.21. The summed E-state index contributed by atoms with van der Waals surface area (Å²) < 4.78 is 0. The normalized spacial score (nSPS) is 11.0. The number of rotatable bonds is 5. The first-order valence-corrected chi connectivity index (χ1v) is 8.01. The van der Waals surface area contributed by atoms with Crippen LogP contribution in [0.2, 0.25) is 0 Å². The van der Waals surface area contributed by atoms with Crippen LogP contribution in [-0.4, -0.2) is 10.8 Å². The van der Waals surface area contributed by atoms with Crippen molar-refractivity contribution in [2.75, 3.05) is 5.32 Å². The van der Waals surface area contributed by atoms with E-state index in [0.29, 0.717) is 11.3 Å². The summed E-state index contributed by atoms with van der Waals surface area (Å²) in [5.74, 6) is -0.333. The fourth-order valence-electron chi connectivity index (χ4n) is 2.51. The van der Waals surface area contributed by atoms with E-state index >= 15 is 0 Å². The van der Waals surface area contributed by atoms with Crippen LogP contribution in [0, 0.1) is 10.1 Å². The Bertz CT molecular complexity index is 951. The number of amides is 1. The number of nitro groups is 1. The van der Waals surface area contributed by atoms with E-state index in [1.54, 1.807) is 12.1 Å². The number of benzene rings is 3. The van der Waals surface area contributed by atoms with E-state index in [1.807, 2.05) is 60.7 Å². The number of carbonyl (C=O) groups excluding carboxylic acids is 1. The Balaban J connectivity index is 1.94. The Morgan fingerprint density at radius 3 is 2.19 bits per heavy atom. The molecule has 0 bridgehead atoms. The van der Waals surface area contributed by atoms with Crippen molar-refractivity contribution < 1.29 is 9.72 Å². The molecule has 5 nitrogen and oxygen atoms in total. The molecule has 5 heteroatoms. The van der Waals surface area contributed by atoms with Gasteiger partial charge in [0.25, 0.3) is 11.6 Å². The lowest BCUT2D eigenvalue weighted by Gasteiger charge is -2.10. The summed E-state index contributed by atoms with van der Waals surface area (Å²) in [5.41, 5.74) is 2.43. The Morgan fingerprint density at radius 1 is 0.885 bits per heavy atom. The minimum atomic E-state index is -0.492. The Labute approximate surface area is 150 Å². The fourth-order valence-corrected chi connectivity index (χ4v) is 2.51. The molecule has 0 unspecified atom stereocenters. The van der Waals surface area contributed by atoms with Gasteiger partial charge in [-0.05, 0) is 23.3 Å². The number of nitrogens with zero attached hydrogens (tertiary/aromatic N) is 1. The molecule has 3 rings (SSSR count). The van der Waals surface area contributed by atoms with E-state index in [1.165, 1.54) is 18.2 Å². The van der Waals surface area contributed by atoms with Crippen LogP contribution in [0.15, 0.2) is 84.9 Å². The third-order valence-electron chi connectivity index (χ3n) is 3.75. The molecule has 0 fully saturated rings. The summed E-state index contributed by atoms with van der Waals surface area (Å²) in [6, 6.07) is 24.7. The summed E-state index contributed by atoms with van der Waals surface area (Å²) in [4.78, 5) is 23.3. The molecule has 0 saturated heterocycles. The van der Waals surface area contributed by atoms with Crippen LogP contribution in [0.25, 0.3) is 11.6 Å². The Hall–Kier alpha value is -3.73. The van der Waals surface area contributed by atoms with Gasteiger partial charge in [0.05, 0.1) is 4.92 Å². The van der Waals surface area contributed by atoms with Crippen molar-refractivity contribution in [1.82, 2.24) is 0 Å². The van der Waals surface area contributed by atoms with Gasteiger partial charge < -0.3 is 5.32 Å². The summed E-state index contributed by atoms with van der Waals surface area (Å²) in [7, 11) is 0. The second-order valence-corrected chi connectivity index (χ2v) is 5.60. The lowest BCUT2D eigenvalue weighted by Crippen LogP contribution is -2.13. The van der Waals surface area contributed by atoms with Gasteiger partial charge in [0, 0.05) is 23.4 Å². The molecule has 1 N–H and O–H groups in total. The summed E-state index contributed by atoms with van der Waals surface area (Å²) in [5, 5.41) is 13.7. The molecule has 0 spiro atoms. The smallest absolute Gasteiger partial charge is 0.271 e. The van der Waals surface area contributed by atoms with Gasteiger partial charge in [0.2, 0.25) is 0 Å². The van der Waals surface area contributed by atoms with E-state index in [4.69, 9.17) is 0 Å². The highest BCUT2D eigenvalue weighted by Gasteiger charge is 2.14. The van der Waals surface area contributed by atoms with Crippen LogP contribution in [0.5, 0.6) is 0 Å². The van der Waals surface area contributed by atoms with E-state index in [9.17, 15) is 14.9 Å². The molecule has 1 amide bonds. The highest BCUT2D eigenvalue weighted by Crippen LogP contribution is 2.22. The molecule has 0 aliphatic heterocycles. The zero-order valence-corrected chi connectivity index (χ0v) is 13.8. The van der Waals surface area contributed by atoms with Gasteiger partial charge in [0.1, 0.15) is 0 Å². The van der Waals surface area contributed by atoms with Crippen molar-refractivity contribution in [3.8, 4) is 0 Å². The zero-order valence-electron chi connectivity index (χ0n) is 13.8. The molecule has 26 heavy (non-hydrogen) atoms. The van der Waals surface area contributed by atoms with Crippen molar-refractivity contribution in [3.05, 3.63) is 106 Å². The van der Waals surface area contributed by atoms with Crippen LogP contribution in [0.1, 0.15) is 11.1 Å². The minimum Gasteiger partial charge on any atom is -0.322 e. The minimum absolute atomic E-state index is 0.0731. The topological polar surface area (TPSA) is 72.2 Å². The first-order valence-electron chi connectivity index (χ1n) is 8.01. The molecule has 0 heterocycles. The van der Waals surface area contributed by atoms with E-state index < -0.39 is 4.92 Å². The second kappa shape index (κ2) is 7.90. The maximum Gasteiger partial charge on any atom is 0.271 e. The first kappa shape index (κ1) is 17.1. The largest absolute Gasteiger partial charge is 0.322 e. The van der Waals surface area contributed by atoms with Crippen molar-refractivity contribution in [2.24, 2.45) is 0 Å². The summed E-state index contributed by atoms with van der Waals surface area (Å²) in [6.45, 7) is 0. The molecule has 0 aliphatic rings. The standard InChI is InChI=1S/C21H16N2O3/c24-21(22-18-12-7-13-19(15-18)23(25)26)20(17-10-5-2-6-11-17)14-16-8-3-1-4-9-16/h1-15H,(H,22,24). The average molecular weight is 344 g/mol. The van der Waals surface area contributed by atoms with Crippen molar-refractivity contribution in [2.45, 2.75) is 0 Å². The summed E-state index contributed by atoms with van der Waals surface area (Å²) >= 11 is 0. The molecule has 0 aliphatic carbocycles. The monoisotopic (exact) mass is 344 g/mol. The summed E-state index contributed by atoms with van der Waals surface area (Å²) in [6.07, 6.45) is 1.79. The number of nitrogens with one attached hydrogen (secondary N) is 1. The van der Waals surface area contributed by atoms with Crippen LogP contribution in [0.3, 0.4) is 0 Å². The SMILES string of the molecule is O=C(Nc1cccc([N+](=O)[O-])c1)C(=Cc1ccccc1)c1ccccc1. The van der Waals surface area contributed by atoms with Crippen molar-refractivity contribution >= 4 is 28.9 Å². The number of hydrogen-bond donors (Lipinski definition) is 1. The molecule has 3 aromatic rings. The lowest BCUT2D eigenvalue weighted by atomic mass is 10.0. The number of carbonyl (C=O) groups is 1. The van der Waals surface area contributed by atoms with Gasteiger partial charge in [-0.1, -0.05) is 66.7 Å². The molecular formula is C21H16N2O3. The van der Waals surface area contributed by atoms with Crippen LogP contribution in [0.4, 0.5) is 11.4 Å². The lowest BCUT2D eigenvalue weighted by molar-refractivity contribution is -0.384. The van der Waals surface area contributed by atoms with Crippen LogP contribution in [-0.2, 0) is 4.79 Å². The number of nitro benzene ring substituents is 1. The highest BCUT2D eigenvalue weighted by atomic mass is 16.6. The van der Waals surface area contributed by atoms with E-state index in [-0.39, 0.29) is 11.6 Å². The molecule has 0 aromatic heterocycles. The van der Waals surface area contributed by atoms with Gasteiger partial charge in [0.15, 0.2) is 0 Å². The van der Waals surface area contributed by atoms with E-state index in [2.05, 4.69) is 5.32 Å². The van der Waals surface area contributed by atoms with Crippen molar-refractivity contribution in [3.63, 3.8) is 0 Å². The Kier molecular flexibility index (Phi) is 5.19. The van der Waals surface area contributed by atoms with Crippen LogP contribution < -0.4 is 5.32 Å². The third-order valence-corrected chi connectivity index (χ3v) is 3.75. The highest BCUT2D eigenvalue weighted by molar-refractivity contribution is 6.29. The predicted octanol–water partition coefficient (Wildman–Crippen LogP) is 4.77. The molecular weight excluding hydrogens is 328 g/mol. The molecule has 0 atom stereocenters. The average Bonchev–Trinajstić information content (AvgIpc) is 2.67. The quantitative estimate of drug-likeness (QED) is 0.313. The number of non-ortho nitro benzene ring substituents is 1. The zero-order chi connectivity index (χ0) is 18.4. The van der Waals surface area contributed by atoms with Gasteiger partial charge in [-0.3, -0.25) is 14.9 Å². The van der Waals surface area contributed by atoms with Gasteiger partial charge in [-0.15, -0.1) is 0 Å². The van der Waals surface area contributed by atoms with Crippen LogP contribution >= 0.6 is 0 Å². The first-order chi connectivity index (χ1) is 12.6. The maximum atomic E-state index is 12.8. The van der Waals surface area contributed by atoms with Crippen molar-refractivity contribution in [1.29, 1.82) is 0 Å². The molecule has 0 saturated carbocycles. The number of anilines is 1. The predicted molar refractivity (Wildman–Crippen MR) is 102 cm³/mol. The Morgan fingerprint density at radius 2 is 1.54 bits per heavy atom. The maximum absolute atomic E-state index is 12.8. The molecule has 3 aromatic carbocycles. The number of hydrogen-bond acceptors (Lipinski definition) is 3. The fraction of sp³-hybridized carbons (Fsp3) is 0. The second-order valence-electron chi connectivity index (χ2n) is 5.60. The van der Waals surface area contributed by atoms with Gasteiger partial charge >= 0.3 is 0 Å². The van der Waals surface area contributed by atoms with E-state index in [0.717, 1.165) is 11.1 Å².